The number of nitrogens with one attached hydrogen (secondary N) is 1. The SMILES string of the molecule is CCOc1ccc(-c2csc3ncn(CC(=O)Nc4ccccc4Cl)c(=O)c23)cc1. The van der Waals surface area contributed by atoms with Gasteiger partial charge in [-0.3, -0.25) is 14.2 Å². The fourth-order valence-corrected chi connectivity index (χ4v) is 4.19. The van der Waals surface area contributed by atoms with Crippen molar-refractivity contribution in [2.45, 2.75) is 13.5 Å². The van der Waals surface area contributed by atoms with E-state index in [4.69, 9.17) is 16.3 Å². The number of carbonyl (C=O) groups excluding carboxylic acids is 1. The van der Waals surface area contributed by atoms with Gasteiger partial charge in [0.05, 0.1) is 29.0 Å². The van der Waals surface area contributed by atoms with Crippen LogP contribution in [0.4, 0.5) is 5.69 Å². The predicted molar refractivity (Wildman–Crippen MR) is 121 cm³/mol. The van der Waals surface area contributed by atoms with Crippen LogP contribution < -0.4 is 15.6 Å². The fourth-order valence-electron chi connectivity index (χ4n) is 3.10. The van der Waals surface area contributed by atoms with Crippen LogP contribution in [0.25, 0.3) is 21.3 Å². The Morgan fingerprint density at radius 3 is 2.70 bits per heavy atom. The first-order chi connectivity index (χ1) is 14.6. The summed E-state index contributed by atoms with van der Waals surface area (Å²) in [4.78, 5) is 30.5. The highest BCUT2D eigenvalue weighted by molar-refractivity contribution is 7.17. The van der Waals surface area contributed by atoms with Crippen LogP contribution >= 0.6 is 22.9 Å². The number of halogens is 1. The Bertz CT molecular complexity index is 1260. The number of thiophene rings is 1. The molecule has 30 heavy (non-hydrogen) atoms. The largest absolute Gasteiger partial charge is 0.494 e. The normalized spacial score (nSPS) is 10.9. The molecule has 0 atom stereocenters. The number of amides is 1. The minimum atomic E-state index is -0.357. The maximum absolute atomic E-state index is 13.1. The Kier molecular flexibility index (Phi) is 5.83. The number of rotatable bonds is 6. The van der Waals surface area contributed by atoms with Gasteiger partial charge in [0.15, 0.2) is 0 Å². The molecule has 2 aromatic heterocycles. The molecule has 4 aromatic rings. The summed E-state index contributed by atoms with van der Waals surface area (Å²) in [6.45, 7) is 2.35. The number of anilines is 1. The first-order valence-corrected chi connectivity index (χ1v) is 10.6. The fraction of sp³-hybridized carbons (Fsp3) is 0.136. The second-order valence-corrected chi connectivity index (χ2v) is 7.76. The molecule has 1 N–H and O–H groups in total. The highest BCUT2D eigenvalue weighted by Gasteiger charge is 2.15. The Labute approximate surface area is 181 Å². The third-order valence-electron chi connectivity index (χ3n) is 4.50. The predicted octanol–water partition coefficient (Wildman–Crippen LogP) is 4.82. The maximum atomic E-state index is 13.1. The maximum Gasteiger partial charge on any atom is 0.263 e. The minimum Gasteiger partial charge on any atom is -0.494 e. The zero-order valence-corrected chi connectivity index (χ0v) is 17.7. The van der Waals surface area contributed by atoms with Crippen molar-refractivity contribution < 1.29 is 9.53 Å². The molecule has 0 saturated heterocycles. The zero-order valence-electron chi connectivity index (χ0n) is 16.1. The summed E-state index contributed by atoms with van der Waals surface area (Å²) in [6.07, 6.45) is 1.40. The number of fused-ring (bicyclic) bond motifs is 1. The van der Waals surface area contributed by atoms with Crippen molar-refractivity contribution in [2.24, 2.45) is 0 Å². The molecule has 8 heteroatoms. The summed E-state index contributed by atoms with van der Waals surface area (Å²) in [6, 6.07) is 14.5. The molecule has 0 spiro atoms. The lowest BCUT2D eigenvalue weighted by Crippen LogP contribution is -2.27. The first kappa shape index (κ1) is 20.1. The third kappa shape index (κ3) is 4.08. The number of para-hydroxylation sites is 1. The van der Waals surface area contributed by atoms with Gasteiger partial charge in [0.25, 0.3) is 5.56 Å². The van der Waals surface area contributed by atoms with E-state index in [1.165, 1.54) is 22.2 Å². The van der Waals surface area contributed by atoms with E-state index >= 15 is 0 Å². The smallest absolute Gasteiger partial charge is 0.263 e. The molecule has 0 radical (unpaired) electrons. The van der Waals surface area contributed by atoms with Crippen LogP contribution in [0.5, 0.6) is 5.75 Å². The first-order valence-electron chi connectivity index (χ1n) is 9.31. The van der Waals surface area contributed by atoms with E-state index < -0.39 is 0 Å². The molecule has 0 saturated carbocycles. The standard InChI is InChI=1S/C22H18ClN3O3S/c1-2-29-15-9-7-14(8-10-15)16-12-30-21-20(16)22(28)26(13-24-21)11-19(27)25-18-6-4-3-5-17(18)23/h3-10,12-13H,2,11H2,1H3,(H,25,27). The number of carbonyl (C=O) groups is 1. The number of hydrogen-bond acceptors (Lipinski definition) is 5. The van der Waals surface area contributed by atoms with Crippen LogP contribution in [0.3, 0.4) is 0 Å². The van der Waals surface area contributed by atoms with Gasteiger partial charge in [-0.25, -0.2) is 4.98 Å². The molecule has 1 amide bonds. The van der Waals surface area contributed by atoms with Gasteiger partial charge in [-0.2, -0.15) is 0 Å². The van der Waals surface area contributed by atoms with E-state index in [1.807, 2.05) is 36.6 Å². The molecular weight excluding hydrogens is 422 g/mol. The lowest BCUT2D eigenvalue weighted by molar-refractivity contribution is -0.116. The number of nitrogens with zero attached hydrogens (tertiary/aromatic N) is 2. The van der Waals surface area contributed by atoms with Gasteiger partial charge in [0.2, 0.25) is 5.91 Å². The van der Waals surface area contributed by atoms with E-state index in [1.54, 1.807) is 24.3 Å². The van der Waals surface area contributed by atoms with Crippen LogP contribution in [0.2, 0.25) is 5.02 Å². The van der Waals surface area contributed by atoms with Crippen LogP contribution in [-0.2, 0) is 11.3 Å². The van der Waals surface area contributed by atoms with Crippen LogP contribution in [0.15, 0.2) is 65.0 Å². The number of ether oxygens (including phenoxy) is 1. The van der Waals surface area contributed by atoms with Crippen molar-refractivity contribution in [3.8, 4) is 16.9 Å². The van der Waals surface area contributed by atoms with Crippen LogP contribution in [0.1, 0.15) is 6.92 Å². The Hall–Kier alpha value is -3.16. The second-order valence-electron chi connectivity index (χ2n) is 6.49. The molecule has 2 aromatic carbocycles. The van der Waals surface area contributed by atoms with Crippen molar-refractivity contribution in [2.75, 3.05) is 11.9 Å². The van der Waals surface area contributed by atoms with Gasteiger partial charge in [0, 0.05) is 10.9 Å². The lowest BCUT2D eigenvalue weighted by Gasteiger charge is -2.09. The molecule has 152 valence electrons. The summed E-state index contributed by atoms with van der Waals surface area (Å²) < 4.78 is 6.78. The molecule has 0 aliphatic rings. The van der Waals surface area contributed by atoms with Crippen molar-refractivity contribution >= 4 is 44.7 Å². The van der Waals surface area contributed by atoms with E-state index in [2.05, 4.69) is 10.3 Å². The summed E-state index contributed by atoms with van der Waals surface area (Å²) in [5.41, 5.74) is 1.91. The average molecular weight is 440 g/mol. The summed E-state index contributed by atoms with van der Waals surface area (Å²) in [7, 11) is 0. The molecule has 4 rings (SSSR count). The monoisotopic (exact) mass is 439 g/mol. The molecule has 6 nitrogen and oxygen atoms in total. The highest BCUT2D eigenvalue weighted by Crippen LogP contribution is 2.31. The zero-order chi connectivity index (χ0) is 21.1. The van der Waals surface area contributed by atoms with Gasteiger partial charge in [0.1, 0.15) is 17.1 Å². The molecule has 0 aliphatic heterocycles. The summed E-state index contributed by atoms with van der Waals surface area (Å²) >= 11 is 7.48. The van der Waals surface area contributed by atoms with Gasteiger partial charge < -0.3 is 10.1 Å². The molecule has 0 aliphatic carbocycles. The van der Waals surface area contributed by atoms with Crippen molar-refractivity contribution in [3.63, 3.8) is 0 Å². The third-order valence-corrected chi connectivity index (χ3v) is 5.71. The Morgan fingerprint density at radius 1 is 1.20 bits per heavy atom. The second kappa shape index (κ2) is 8.69. The van der Waals surface area contributed by atoms with E-state index in [0.29, 0.717) is 27.5 Å². The van der Waals surface area contributed by atoms with Crippen molar-refractivity contribution in [1.82, 2.24) is 9.55 Å². The molecule has 2 heterocycles. The molecule has 0 bridgehead atoms. The van der Waals surface area contributed by atoms with Crippen LogP contribution in [-0.4, -0.2) is 22.1 Å². The van der Waals surface area contributed by atoms with Crippen molar-refractivity contribution in [1.29, 1.82) is 0 Å². The van der Waals surface area contributed by atoms with Gasteiger partial charge >= 0.3 is 0 Å². The van der Waals surface area contributed by atoms with Crippen LogP contribution in [0, 0.1) is 0 Å². The van der Waals surface area contributed by atoms with Gasteiger partial charge in [-0.05, 0) is 36.8 Å². The number of benzene rings is 2. The Balaban J connectivity index is 1.63. The quantitative estimate of drug-likeness (QED) is 0.467. The molecule has 0 fully saturated rings. The van der Waals surface area contributed by atoms with Gasteiger partial charge in [-0.1, -0.05) is 35.9 Å². The van der Waals surface area contributed by atoms with Crippen molar-refractivity contribution in [3.05, 3.63) is 75.6 Å². The molecule has 0 unspecified atom stereocenters. The highest BCUT2D eigenvalue weighted by atomic mass is 35.5. The van der Waals surface area contributed by atoms with Gasteiger partial charge in [-0.15, -0.1) is 11.3 Å². The van der Waals surface area contributed by atoms with E-state index in [0.717, 1.165) is 16.9 Å². The minimum absolute atomic E-state index is 0.161. The number of aromatic nitrogens is 2. The van der Waals surface area contributed by atoms with E-state index in [-0.39, 0.29) is 18.0 Å². The average Bonchev–Trinajstić information content (AvgIpc) is 3.18. The number of hydrogen-bond donors (Lipinski definition) is 1. The lowest BCUT2D eigenvalue weighted by atomic mass is 10.1. The van der Waals surface area contributed by atoms with E-state index in [9.17, 15) is 9.59 Å². The Morgan fingerprint density at radius 2 is 1.97 bits per heavy atom. The molecular formula is C22H18ClN3O3S. The summed E-state index contributed by atoms with van der Waals surface area (Å²) in [5, 5.41) is 5.56. The summed E-state index contributed by atoms with van der Waals surface area (Å²) in [5.74, 6) is 0.414. The topological polar surface area (TPSA) is 73.2 Å².